The summed E-state index contributed by atoms with van der Waals surface area (Å²) in [7, 11) is 0. The van der Waals surface area contributed by atoms with Gasteiger partial charge in [0.05, 0.1) is 6.04 Å². The lowest BCUT2D eigenvalue weighted by atomic mass is 9.78. The van der Waals surface area contributed by atoms with Gasteiger partial charge in [0.2, 0.25) is 0 Å². The monoisotopic (exact) mass is 284 g/mol. The molecule has 0 aliphatic heterocycles. The van der Waals surface area contributed by atoms with Crippen molar-refractivity contribution in [1.82, 2.24) is 20.1 Å². The van der Waals surface area contributed by atoms with Crippen LogP contribution in [0.5, 0.6) is 0 Å². The Kier molecular flexibility index (Phi) is 4.65. The summed E-state index contributed by atoms with van der Waals surface area (Å²) >= 11 is 0. The average molecular weight is 284 g/mol. The van der Waals surface area contributed by atoms with Crippen molar-refractivity contribution in [2.45, 2.75) is 50.6 Å². The van der Waals surface area contributed by atoms with Gasteiger partial charge in [-0.05, 0) is 43.7 Å². The molecule has 0 radical (unpaired) electrons. The Morgan fingerprint density at radius 3 is 2.81 bits per heavy atom. The van der Waals surface area contributed by atoms with Crippen molar-refractivity contribution in [2.24, 2.45) is 0 Å². The molecule has 2 aromatic rings. The molecule has 0 spiro atoms. The number of nitrogens with zero attached hydrogens (tertiary/aromatic N) is 3. The highest BCUT2D eigenvalue weighted by Gasteiger charge is 2.32. The zero-order valence-corrected chi connectivity index (χ0v) is 12.7. The van der Waals surface area contributed by atoms with Gasteiger partial charge in [0, 0.05) is 6.04 Å². The van der Waals surface area contributed by atoms with Gasteiger partial charge < -0.3 is 5.32 Å². The van der Waals surface area contributed by atoms with Crippen molar-refractivity contribution in [1.29, 1.82) is 0 Å². The van der Waals surface area contributed by atoms with E-state index in [4.69, 9.17) is 0 Å². The van der Waals surface area contributed by atoms with Crippen LogP contribution in [0, 0.1) is 0 Å². The first kappa shape index (κ1) is 14.3. The Hall–Kier alpha value is -1.68. The zero-order chi connectivity index (χ0) is 14.5. The fourth-order valence-electron chi connectivity index (χ4n) is 3.42. The molecule has 1 N–H and O–H groups in total. The van der Waals surface area contributed by atoms with Crippen LogP contribution >= 0.6 is 0 Å². The van der Waals surface area contributed by atoms with Crippen molar-refractivity contribution in [3.63, 3.8) is 0 Å². The van der Waals surface area contributed by atoms with Crippen LogP contribution in [-0.2, 0) is 0 Å². The van der Waals surface area contributed by atoms with Gasteiger partial charge in [0.1, 0.15) is 12.7 Å². The van der Waals surface area contributed by atoms with E-state index in [-0.39, 0.29) is 0 Å². The van der Waals surface area contributed by atoms with Gasteiger partial charge in [-0.1, -0.05) is 37.3 Å². The van der Waals surface area contributed by atoms with E-state index in [2.05, 4.69) is 52.7 Å². The first-order valence-electron chi connectivity index (χ1n) is 8.01. The van der Waals surface area contributed by atoms with Crippen LogP contribution in [-0.4, -0.2) is 27.4 Å². The van der Waals surface area contributed by atoms with E-state index >= 15 is 0 Å². The number of aromatic nitrogens is 3. The molecule has 1 fully saturated rings. The third-order valence-electron chi connectivity index (χ3n) is 4.52. The summed E-state index contributed by atoms with van der Waals surface area (Å²) < 4.78 is 2.04. The predicted molar refractivity (Wildman–Crippen MR) is 84.2 cm³/mol. The molecule has 0 bridgehead atoms. The average Bonchev–Trinajstić information content (AvgIpc) is 3.08. The Balaban J connectivity index is 1.76. The van der Waals surface area contributed by atoms with E-state index in [1.165, 1.54) is 24.8 Å². The fraction of sp³-hybridized carbons (Fsp3) is 0.529. The van der Waals surface area contributed by atoms with Crippen LogP contribution in [0.3, 0.4) is 0 Å². The minimum atomic E-state index is 0.401. The molecule has 1 aromatic heterocycles. The molecule has 0 saturated heterocycles. The highest BCUT2D eigenvalue weighted by molar-refractivity contribution is 5.20. The minimum absolute atomic E-state index is 0.401. The molecule has 1 aliphatic carbocycles. The van der Waals surface area contributed by atoms with E-state index < -0.39 is 0 Å². The molecule has 1 aromatic carbocycles. The van der Waals surface area contributed by atoms with Gasteiger partial charge in [0.25, 0.3) is 0 Å². The largest absolute Gasteiger partial charge is 0.312 e. The molecule has 3 rings (SSSR count). The molecule has 4 heteroatoms. The Morgan fingerprint density at radius 1 is 1.24 bits per heavy atom. The van der Waals surface area contributed by atoms with Crippen molar-refractivity contribution in [3.8, 4) is 0 Å². The molecule has 3 atom stereocenters. The van der Waals surface area contributed by atoms with Crippen LogP contribution in [0.4, 0.5) is 0 Å². The van der Waals surface area contributed by atoms with Crippen molar-refractivity contribution < 1.29 is 0 Å². The third-order valence-corrected chi connectivity index (χ3v) is 4.52. The van der Waals surface area contributed by atoms with E-state index in [1.807, 2.05) is 11.0 Å². The van der Waals surface area contributed by atoms with Crippen LogP contribution in [0.2, 0.25) is 0 Å². The SMILES string of the molecule is CCCNC1CCC(c2ccccc2)CC1n1cncn1. The molecule has 1 heterocycles. The number of benzene rings is 1. The first-order valence-corrected chi connectivity index (χ1v) is 8.01. The quantitative estimate of drug-likeness (QED) is 0.917. The standard InChI is InChI=1S/C17H24N4/c1-2-10-19-16-9-8-15(14-6-4-3-5-7-14)11-17(16)21-13-18-12-20-21/h3-7,12-13,15-17,19H,2,8-11H2,1H3. The molecular weight excluding hydrogens is 260 g/mol. The normalized spacial score (nSPS) is 25.9. The van der Waals surface area contributed by atoms with Gasteiger partial charge in [-0.2, -0.15) is 5.10 Å². The van der Waals surface area contributed by atoms with Gasteiger partial charge in [-0.15, -0.1) is 0 Å². The van der Waals surface area contributed by atoms with Crippen LogP contribution in [0.1, 0.15) is 50.1 Å². The second-order valence-corrected chi connectivity index (χ2v) is 5.92. The summed E-state index contributed by atoms with van der Waals surface area (Å²) in [6.07, 6.45) is 8.25. The lowest BCUT2D eigenvalue weighted by molar-refractivity contribution is 0.227. The van der Waals surface area contributed by atoms with Gasteiger partial charge in [0.15, 0.2) is 0 Å². The summed E-state index contributed by atoms with van der Waals surface area (Å²) in [5.74, 6) is 0.625. The highest BCUT2D eigenvalue weighted by Crippen LogP contribution is 2.38. The van der Waals surface area contributed by atoms with Crippen LogP contribution < -0.4 is 5.32 Å². The maximum Gasteiger partial charge on any atom is 0.137 e. The molecule has 4 nitrogen and oxygen atoms in total. The van der Waals surface area contributed by atoms with Gasteiger partial charge >= 0.3 is 0 Å². The maximum atomic E-state index is 4.39. The summed E-state index contributed by atoms with van der Waals surface area (Å²) in [4.78, 5) is 4.13. The fourth-order valence-corrected chi connectivity index (χ4v) is 3.42. The van der Waals surface area contributed by atoms with Gasteiger partial charge in [-0.25, -0.2) is 9.67 Å². The molecular formula is C17H24N4. The highest BCUT2D eigenvalue weighted by atomic mass is 15.3. The number of nitrogens with one attached hydrogen (secondary N) is 1. The summed E-state index contributed by atoms with van der Waals surface area (Å²) in [6.45, 7) is 3.29. The second-order valence-electron chi connectivity index (χ2n) is 5.92. The minimum Gasteiger partial charge on any atom is -0.312 e. The molecule has 0 amide bonds. The van der Waals surface area contributed by atoms with Crippen molar-refractivity contribution in [3.05, 3.63) is 48.5 Å². The van der Waals surface area contributed by atoms with Crippen LogP contribution in [0.25, 0.3) is 0 Å². The number of hydrogen-bond acceptors (Lipinski definition) is 3. The summed E-state index contributed by atoms with van der Waals surface area (Å²) in [5.41, 5.74) is 1.46. The second kappa shape index (κ2) is 6.85. The lowest BCUT2D eigenvalue weighted by Gasteiger charge is -2.37. The topological polar surface area (TPSA) is 42.7 Å². The molecule has 1 aliphatic rings. The molecule has 21 heavy (non-hydrogen) atoms. The van der Waals surface area contributed by atoms with E-state index in [0.717, 1.165) is 13.0 Å². The molecule has 112 valence electrons. The van der Waals surface area contributed by atoms with E-state index in [0.29, 0.717) is 18.0 Å². The molecule has 1 saturated carbocycles. The van der Waals surface area contributed by atoms with Crippen LogP contribution in [0.15, 0.2) is 43.0 Å². The number of hydrogen-bond donors (Lipinski definition) is 1. The third kappa shape index (κ3) is 3.32. The van der Waals surface area contributed by atoms with E-state index in [1.54, 1.807) is 6.33 Å². The smallest absolute Gasteiger partial charge is 0.137 e. The molecule has 3 unspecified atom stereocenters. The Labute approximate surface area is 126 Å². The lowest BCUT2D eigenvalue weighted by Crippen LogP contribution is -2.42. The number of rotatable bonds is 5. The Bertz CT molecular complexity index is 523. The maximum absolute atomic E-state index is 4.39. The zero-order valence-electron chi connectivity index (χ0n) is 12.7. The predicted octanol–water partition coefficient (Wildman–Crippen LogP) is 3.16. The first-order chi connectivity index (χ1) is 10.4. The van der Waals surface area contributed by atoms with Crippen molar-refractivity contribution >= 4 is 0 Å². The van der Waals surface area contributed by atoms with Gasteiger partial charge in [-0.3, -0.25) is 0 Å². The Morgan fingerprint density at radius 2 is 2.10 bits per heavy atom. The summed E-state index contributed by atoms with van der Waals surface area (Å²) in [6, 6.07) is 11.8. The van der Waals surface area contributed by atoms with E-state index in [9.17, 15) is 0 Å². The van der Waals surface area contributed by atoms with Crippen molar-refractivity contribution in [2.75, 3.05) is 6.54 Å². The summed E-state index contributed by atoms with van der Waals surface area (Å²) in [5, 5.41) is 8.08.